The average molecular weight is 324 g/mol. The van der Waals surface area contributed by atoms with E-state index >= 15 is 0 Å². The van der Waals surface area contributed by atoms with Gasteiger partial charge in [-0.1, -0.05) is 12.1 Å². The Kier molecular flexibility index (Phi) is 5.43. The topological polar surface area (TPSA) is 48.5 Å². The van der Waals surface area contributed by atoms with Crippen molar-refractivity contribution in [1.29, 1.82) is 0 Å². The number of rotatable bonds is 5. The van der Waals surface area contributed by atoms with E-state index in [0.29, 0.717) is 6.54 Å². The standard InChI is InChI=1S/C19H24N4O/c1-2-21-19(24)17-5-3-16(4-6-17)15-22-11-13-23(14-12-22)18-7-9-20-10-8-18/h3-10H,2,11-15H2,1H3,(H,21,24). The zero-order valence-electron chi connectivity index (χ0n) is 14.1. The maximum Gasteiger partial charge on any atom is 0.251 e. The van der Waals surface area contributed by atoms with Crippen LogP contribution in [0.5, 0.6) is 0 Å². The summed E-state index contributed by atoms with van der Waals surface area (Å²) in [5.41, 5.74) is 3.22. The van der Waals surface area contributed by atoms with Crippen LogP contribution in [0, 0.1) is 0 Å². The van der Waals surface area contributed by atoms with E-state index in [-0.39, 0.29) is 5.91 Å². The van der Waals surface area contributed by atoms with Gasteiger partial charge >= 0.3 is 0 Å². The molecular formula is C19H24N4O. The minimum Gasteiger partial charge on any atom is -0.369 e. The van der Waals surface area contributed by atoms with Gasteiger partial charge in [-0.25, -0.2) is 0 Å². The lowest BCUT2D eigenvalue weighted by atomic mass is 10.1. The number of piperazine rings is 1. The average Bonchev–Trinajstić information content (AvgIpc) is 2.64. The lowest BCUT2D eigenvalue weighted by Gasteiger charge is -2.36. The molecule has 1 N–H and O–H groups in total. The van der Waals surface area contributed by atoms with E-state index in [0.717, 1.165) is 38.3 Å². The highest BCUT2D eigenvalue weighted by atomic mass is 16.1. The third-order valence-corrected chi connectivity index (χ3v) is 4.36. The molecule has 0 saturated carbocycles. The Hall–Kier alpha value is -2.40. The van der Waals surface area contributed by atoms with Crippen LogP contribution in [0.15, 0.2) is 48.8 Å². The number of pyridine rings is 1. The van der Waals surface area contributed by atoms with Gasteiger partial charge in [-0.3, -0.25) is 14.7 Å². The van der Waals surface area contributed by atoms with E-state index in [1.165, 1.54) is 11.3 Å². The summed E-state index contributed by atoms with van der Waals surface area (Å²) in [4.78, 5) is 20.7. The lowest BCUT2D eigenvalue weighted by Crippen LogP contribution is -2.45. The Bertz CT molecular complexity index is 649. The molecule has 5 heteroatoms. The minimum absolute atomic E-state index is 0.00462. The second kappa shape index (κ2) is 7.93. The summed E-state index contributed by atoms with van der Waals surface area (Å²) >= 11 is 0. The number of carbonyl (C=O) groups is 1. The van der Waals surface area contributed by atoms with E-state index in [1.807, 2.05) is 31.5 Å². The van der Waals surface area contributed by atoms with E-state index in [9.17, 15) is 4.79 Å². The molecule has 1 aromatic heterocycles. The molecule has 0 unspecified atom stereocenters. The summed E-state index contributed by atoms with van der Waals surface area (Å²) < 4.78 is 0. The van der Waals surface area contributed by atoms with Crippen LogP contribution < -0.4 is 10.2 Å². The fraction of sp³-hybridized carbons (Fsp3) is 0.368. The van der Waals surface area contributed by atoms with Gasteiger partial charge in [-0.05, 0) is 36.8 Å². The molecule has 3 rings (SSSR count). The molecule has 126 valence electrons. The van der Waals surface area contributed by atoms with E-state index in [1.54, 1.807) is 0 Å². The Labute approximate surface area is 143 Å². The minimum atomic E-state index is -0.00462. The van der Waals surface area contributed by atoms with Crippen LogP contribution in [0.1, 0.15) is 22.8 Å². The van der Waals surface area contributed by atoms with Gasteiger partial charge in [0.15, 0.2) is 0 Å². The smallest absolute Gasteiger partial charge is 0.251 e. The highest BCUT2D eigenvalue weighted by Gasteiger charge is 2.17. The van der Waals surface area contributed by atoms with Crippen molar-refractivity contribution in [3.8, 4) is 0 Å². The third kappa shape index (κ3) is 4.11. The zero-order chi connectivity index (χ0) is 16.8. The van der Waals surface area contributed by atoms with Gasteiger partial charge in [0.2, 0.25) is 0 Å². The Balaban J connectivity index is 1.52. The molecule has 2 aromatic rings. The highest BCUT2D eigenvalue weighted by Crippen LogP contribution is 2.16. The molecular weight excluding hydrogens is 300 g/mol. The van der Waals surface area contributed by atoms with Crippen molar-refractivity contribution in [3.63, 3.8) is 0 Å². The zero-order valence-corrected chi connectivity index (χ0v) is 14.1. The summed E-state index contributed by atoms with van der Waals surface area (Å²) in [6.45, 7) is 7.66. The van der Waals surface area contributed by atoms with E-state index < -0.39 is 0 Å². The summed E-state index contributed by atoms with van der Waals surface area (Å²) in [6.07, 6.45) is 3.69. The van der Waals surface area contributed by atoms with Crippen molar-refractivity contribution >= 4 is 11.6 Å². The summed E-state index contributed by atoms with van der Waals surface area (Å²) in [5, 5.41) is 2.82. The first-order valence-corrected chi connectivity index (χ1v) is 8.50. The molecule has 0 radical (unpaired) electrons. The highest BCUT2D eigenvalue weighted by molar-refractivity contribution is 5.94. The Morgan fingerprint density at radius 2 is 1.71 bits per heavy atom. The van der Waals surface area contributed by atoms with Crippen molar-refractivity contribution in [2.75, 3.05) is 37.6 Å². The molecule has 24 heavy (non-hydrogen) atoms. The molecule has 1 aromatic carbocycles. The Morgan fingerprint density at radius 1 is 1.04 bits per heavy atom. The number of nitrogens with zero attached hydrogens (tertiary/aromatic N) is 3. The largest absolute Gasteiger partial charge is 0.369 e. The van der Waals surface area contributed by atoms with E-state index in [2.05, 4.69) is 44.4 Å². The SMILES string of the molecule is CCNC(=O)c1ccc(CN2CCN(c3ccncc3)CC2)cc1. The molecule has 1 aliphatic rings. The molecule has 1 fully saturated rings. The van der Waals surface area contributed by atoms with Gasteiger partial charge in [0, 0.05) is 62.9 Å². The quantitative estimate of drug-likeness (QED) is 0.915. The third-order valence-electron chi connectivity index (χ3n) is 4.36. The first kappa shape index (κ1) is 16.5. The van der Waals surface area contributed by atoms with Crippen molar-refractivity contribution < 1.29 is 4.79 Å². The van der Waals surface area contributed by atoms with Gasteiger partial charge < -0.3 is 10.2 Å². The first-order chi connectivity index (χ1) is 11.8. The van der Waals surface area contributed by atoms with Gasteiger partial charge in [0.1, 0.15) is 0 Å². The van der Waals surface area contributed by atoms with Crippen LogP contribution >= 0.6 is 0 Å². The number of nitrogens with one attached hydrogen (secondary N) is 1. The van der Waals surface area contributed by atoms with Crippen molar-refractivity contribution in [2.45, 2.75) is 13.5 Å². The number of hydrogen-bond acceptors (Lipinski definition) is 4. The fourth-order valence-electron chi connectivity index (χ4n) is 3.00. The van der Waals surface area contributed by atoms with Crippen molar-refractivity contribution in [3.05, 3.63) is 59.9 Å². The summed E-state index contributed by atoms with van der Waals surface area (Å²) in [5.74, 6) is -0.00462. The first-order valence-electron chi connectivity index (χ1n) is 8.50. The van der Waals surface area contributed by atoms with Gasteiger partial charge in [0.05, 0.1) is 0 Å². The molecule has 0 spiro atoms. The van der Waals surface area contributed by atoms with Crippen LogP contribution in [0.2, 0.25) is 0 Å². The van der Waals surface area contributed by atoms with Gasteiger partial charge in [-0.2, -0.15) is 0 Å². The van der Waals surface area contributed by atoms with E-state index in [4.69, 9.17) is 0 Å². The monoisotopic (exact) mass is 324 g/mol. The van der Waals surface area contributed by atoms with Crippen molar-refractivity contribution in [1.82, 2.24) is 15.2 Å². The molecule has 0 aliphatic carbocycles. The molecule has 0 atom stereocenters. The van der Waals surface area contributed by atoms with Gasteiger partial charge in [-0.15, -0.1) is 0 Å². The van der Waals surface area contributed by atoms with Gasteiger partial charge in [0.25, 0.3) is 5.91 Å². The number of aromatic nitrogens is 1. The molecule has 1 amide bonds. The molecule has 2 heterocycles. The van der Waals surface area contributed by atoms with Crippen LogP contribution in [0.25, 0.3) is 0 Å². The predicted octanol–water partition coefficient (Wildman–Crippen LogP) is 2.15. The summed E-state index contributed by atoms with van der Waals surface area (Å²) in [6, 6.07) is 12.1. The number of benzene rings is 1. The summed E-state index contributed by atoms with van der Waals surface area (Å²) in [7, 11) is 0. The van der Waals surface area contributed by atoms with Crippen molar-refractivity contribution in [2.24, 2.45) is 0 Å². The molecule has 1 saturated heterocycles. The number of carbonyl (C=O) groups excluding carboxylic acids is 1. The van der Waals surface area contributed by atoms with Crippen LogP contribution in [-0.4, -0.2) is 48.5 Å². The lowest BCUT2D eigenvalue weighted by molar-refractivity contribution is 0.0956. The molecule has 0 bridgehead atoms. The van der Waals surface area contributed by atoms with Crippen LogP contribution in [0.3, 0.4) is 0 Å². The number of anilines is 1. The Morgan fingerprint density at radius 3 is 2.33 bits per heavy atom. The van der Waals surface area contributed by atoms with Crippen LogP contribution in [-0.2, 0) is 6.54 Å². The predicted molar refractivity (Wildman–Crippen MR) is 96.2 cm³/mol. The second-order valence-corrected chi connectivity index (χ2v) is 6.02. The second-order valence-electron chi connectivity index (χ2n) is 6.02. The fourth-order valence-corrected chi connectivity index (χ4v) is 3.00. The maximum absolute atomic E-state index is 11.8. The van der Waals surface area contributed by atoms with Crippen LogP contribution in [0.4, 0.5) is 5.69 Å². The molecule has 5 nitrogen and oxygen atoms in total. The number of amides is 1. The maximum atomic E-state index is 11.8. The molecule has 1 aliphatic heterocycles. The normalized spacial score (nSPS) is 15.3. The number of hydrogen-bond donors (Lipinski definition) is 1.